The van der Waals surface area contributed by atoms with E-state index in [2.05, 4.69) is 0 Å². The van der Waals surface area contributed by atoms with Gasteiger partial charge in [-0.25, -0.2) is 0 Å². The Labute approximate surface area is 107 Å². The predicted molar refractivity (Wildman–Crippen MR) is 70.2 cm³/mol. The highest BCUT2D eigenvalue weighted by Gasteiger charge is 2.12. The zero-order chi connectivity index (χ0) is 13.1. The van der Waals surface area contributed by atoms with Crippen LogP contribution in [0.25, 0.3) is 10.1 Å². The van der Waals surface area contributed by atoms with Gasteiger partial charge in [-0.1, -0.05) is 23.5 Å². The van der Waals surface area contributed by atoms with Crippen molar-refractivity contribution in [2.75, 3.05) is 14.2 Å². The van der Waals surface area contributed by atoms with Crippen molar-refractivity contribution in [3.05, 3.63) is 44.3 Å². The molecule has 0 atom stereocenters. The zero-order valence-electron chi connectivity index (χ0n) is 10.1. The van der Waals surface area contributed by atoms with Crippen molar-refractivity contribution in [1.29, 1.82) is 0 Å². The van der Waals surface area contributed by atoms with E-state index in [1.165, 1.54) is 14.2 Å². The first-order valence-electron chi connectivity index (χ1n) is 5.35. The molecule has 1 aromatic heterocycles. The summed E-state index contributed by atoms with van der Waals surface area (Å²) in [5.41, 5.74) is -0.312. The first-order chi connectivity index (χ1) is 8.67. The second kappa shape index (κ2) is 5.43. The van der Waals surface area contributed by atoms with E-state index in [1.807, 2.05) is 0 Å². The average Bonchev–Trinajstić information content (AvgIpc) is 2.39. The number of benzene rings is 1. The minimum atomic E-state index is -0.608. The van der Waals surface area contributed by atoms with Gasteiger partial charge in [-0.05, 0) is 12.1 Å². The number of rotatable bonds is 4. The average molecular weight is 267 g/mol. The van der Waals surface area contributed by atoms with Gasteiger partial charge in [0, 0.05) is 18.9 Å². The number of methoxy groups -OCH3 is 2. The van der Waals surface area contributed by atoms with Crippen LogP contribution in [0.2, 0.25) is 0 Å². The van der Waals surface area contributed by atoms with Crippen LogP contribution in [0.15, 0.2) is 33.9 Å². The summed E-state index contributed by atoms with van der Waals surface area (Å²) in [4.78, 5) is 23.8. The minimum absolute atomic E-state index is 0.0893. The van der Waals surface area contributed by atoms with Gasteiger partial charge in [0.2, 0.25) is 0 Å². The van der Waals surface area contributed by atoms with Crippen molar-refractivity contribution >= 4 is 21.4 Å². The summed E-state index contributed by atoms with van der Waals surface area (Å²) in [6.45, 7) is 0.0893. The Morgan fingerprint density at radius 1 is 1.22 bits per heavy atom. The Bertz CT molecular complexity index is 657. The van der Waals surface area contributed by atoms with Crippen LogP contribution < -0.4 is 10.4 Å². The molecule has 0 saturated carbocycles. The van der Waals surface area contributed by atoms with Gasteiger partial charge in [0.1, 0.15) is 0 Å². The van der Waals surface area contributed by atoms with Crippen molar-refractivity contribution in [2.24, 2.45) is 0 Å². The number of nitrogens with zero attached hydrogens (tertiary/aromatic N) is 1. The molecule has 1 heterocycles. The highest BCUT2D eigenvalue weighted by Crippen LogP contribution is 2.11. The topological polar surface area (TPSA) is 57.5 Å². The lowest BCUT2D eigenvalue weighted by molar-refractivity contribution is -0.111. The fourth-order valence-corrected chi connectivity index (χ4v) is 2.53. The summed E-state index contributed by atoms with van der Waals surface area (Å²) in [7, 11) is 2.93. The van der Waals surface area contributed by atoms with Crippen LogP contribution in [0.4, 0.5) is 0 Å². The molecule has 0 bridgehead atoms. The van der Waals surface area contributed by atoms with Gasteiger partial charge in [-0.15, -0.1) is 0 Å². The molecule has 0 aliphatic carbocycles. The van der Waals surface area contributed by atoms with E-state index >= 15 is 0 Å². The Morgan fingerprint density at radius 2 is 1.89 bits per heavy atom. The highest BCUT2D eigenvalue weighted by molar-refractivity contribution is 7.16. The van der Waals surface area contributed by atoms with Gasteiger partial charge >= 0.3 is 4.87 Å². The SMILES string of the molecule is COC(Cn1c(=O)sc2ccccc2c1=O)OC. The molecular formula is C12H13NO4S. The van der Waals surface area contributed by atoms with Crippen LogP contribution in [-0.2, 0) is 16.0 Å². The minimum Gasteiger partial charge on any atom is -0.354 e. The standard InChI is InChI=1S/C12H13NO4S/c1-16-10(17-2)7-13-11(14)8-5-3-4-6-9(8)18-12(13)15/h3-6,10H,7H2,1-2H3. The van der Waals surface area contributed by atoms with Crippen molar-refractivity contribution < 1.29 is 9.47 Å². The lowest BCUT2D eigenvalue weighted by atomic mass is 10.3. The maximum Gasteiger partial charge on any atom is 0.310 e. The fourth-order valence-electron chi connectivity index (χ4n) is 1.66. The quantitative estimate of drug-likeness (QED) is 0.777. The van der Waals surface area contributed by atoms with Gasteiger partial charge in [0.15, 0.2) is 6.29 Å². The summed E-state index contributed by atoms with van der Waals surface area (Å²) in [5.74, 6) is 0. The van der Waals surface area contributed by atoms with Gasteiger partial charge in [0.25, 0.3) is 5.56 Å². The van der Waals surface area contributed by atoms with Crippen molar-refractivity contribution in [1.82, 2.24) is 4.57 Å². The van der Waals surface area contributed by atoms with Crippen LogP contribution in [0, 0.1) is 0 Å². The highest BCUT2D eigenvalue weighted by atomic mass is 32.1. The van der Waals surface area contributed by atoms with Gasteiger partial charge in [-0.2, -0.15) is 0 Å². The lowest BCUT2D eigenvalue weighted by Gasteiger charge is -2.14. The molecule has 2 aromatic rings. The van der Waals surface area contributed by atoms with E-state index in [4.69, 9.17) is 9.47 Å². The zero-order valence-corrected chi connectivity index (χ0v) is 10.9. The number of hydrogen-bond donors (Lipinski definition) is 0. The second-order valence-corrected chi connectivity index (χ2v) is 4.67. The third kappa shape index (κ3) is 2.35. The van der Waals surface area contributed by atoms with E-state index in [1.54, 1.807) is 24.3 Å². The molecular weight excluding hydrogens is 254 g/mol. The summed E-state index contributed by atoms with van der Waals surface area (Å²) in [6, 6.07) is 7.04. The van der Waals surface area contributed by atoms with Gasteiger partial charge in [-0.3, -0.25) is 14.2 Å². The molecule has 0 aliphatic heterocycles. The molecule has 0 saturated heterocycles. The largest absolute Gasteiger partial charge is 0.354 e. The first-order valence-corrected chi connectivity index (χ1v) is 6.17. The maximum atomic E-state index is 12.2. The van der Waals surface area contributed by atoms with E-state index in [-0.39, 0.29) is 17.0 Å². The Balaban J connectivity index is 2.58. The molecule has 0 amide bonds. The number of aromatic nitrogens is 1. The Kier molecular flexibility index (Phi) is 3.90. The van der Waals surface area contributed by atoms with Crippen molar-refractivity contribution in [3.63, 3.8) is 0 Å². The van der Waals surface area contributed by atoms with E-state index in [9.17, 15) is 9.59 Å². The second-order valence-electron chi connectivity index (χ2n) is 3.68. The molecule has 0 spiro atoms. The van der Waals surface area contributed by atoms with Crippen LogP contribution in [-0.4, -0.2) is 25.1 Å². The molecule has 2 rings (SSSR count). The third-order valence-electron chi connectivity index (χ3n) is 2.64. The molecule has 0 N–H and O–H groups in total. The van der Waals surface area contributed by atoms with Crippen molar-refractivity contribution in [3.8, 4) is 0 Å². The Hall–Kier alpha value is -1.50. The van der Waals surface area contributed by atoms with Crippen LogP contribution in [0.3, 0.4) is 0 Å². The molecule has 0 unspecified atom stereocenters. The van der Waals surface area contributed by atoms with Crippen LogP contribution >= 0.6 is 11.3 Å². The van der Waals surface area contributed by atoms with E-state index < -0.39 is 6.29 Å². The van der Waals surface area contributed by atoms with Crippen LogP contribution in [0.1, 0.15) is 0 Å². The summed E-state index contributed by atoms with van der Waals surface area (Å²) < 4.78 is 11.9. The van der Waals surface area contributed by atoms with E-state index in [0.717, 1.165) is 15.9 Å². The summed E-state index contributed by atoms with van der Waals surface area (Å²) in [6.07, 6.45) is -0.608. The molecule has 6 heteroatoms. The molecule has 1 aromatic carbocycles. The smallest absolute Gasteiger partial charge is 0.310 e. The van der Waals surface area contributed by atoms with Gasteiger partial charge < -0.3 is 9.47 Å². The predicted octanol–water partition coefficient (Wildman–Crippen LogP) is 1.04. The number of ether oxygens (including phenoxy) is 2. The summed E-state index contributed by atoms with van der Waals surface area (Å²) >= 11 is 1.04. The van der Waals surface area contributed by atoms with Crippen molar-refractivity contribution in [2.45, 2.75) is 12.8 Å². The summed E-state index contributed by atoms with van der Waals surface area (Å²) in [5, 5.41) is 0.535. The molecule has 0 aliphatic rings. The molecule has 96 valence electrons. The first kappa shape index (κ1) is 12.9. The third-order valence-corrected chi connectivity index (χ3v) is 3.61. The normalized spacial score (nSPS) is 11.3. The van der Waals surface area contributed by atoms with E-state index in [0.29, 0.717) is 10.1 Å². The maximum absolute atomic E-state index is 12.2. The molecule has 5 nitrogen and oxygen atoms in total. The molecule has 0 fully saturated rings. The number of hydrogen-bond acceptors (Lipinski definition) is 5. The van der Waals surface area contributed by atoms with Gasteiger partial charge in [0.05, 0.1) is 11.9 Å². The lowest BCUT2D eigenvalue weighted by Crippen LogP contribution is -2.36. The fraction of sp³-hybridized carbons (Fsp3) is 0.333. The Morgan fingerprint density at radius 3 is 2.56 bits per heavy atom. The van der Waals surface area contributed by atoms with Crippen LogP contribution in [0.5, 0.6) is 0 Å². The monoisotopic (exact) mass is 267 g/mol. The molecule has 0 radical (unpaired) electrons. The molecule has 18 heavy (non-hydrogen) atoms. The number of fused-ring (bicyclic) bond motifs is 1.